The lowest BCUT2D eigenvalue weighted by Crippen LogP contribution is -2.37. The van der Waals surface area contributed by atoms with E-state index in [1.807, 2.05) is 11.8 Å². The van der Waals surface area contributed by atoms with E-state index in [9.17, 15) is 5.11 Å². The van der Waals surface area contributed by atoms with E-state index in [4.69, 9.17) is 0 Å². The lowest BCUT2D eigenvalue weighted by atomic mass is 9.79. The lowest BCUT2D eigenvalue weighted by molar-refractivity contribution is 0.0152. The highest BCUT2D eigenvalue weighted by Crippen LogP contribution is 2.42. The van der Waals surface area contributed by atoms with Crippen LogP contribution in [0.2, 0.25) is 0 Å². The van der Waals surface area contributed by atoms with Gasteiger partial charge in [-0.1, -0.05) is 39.0 Å². The number of hydrogen-bond donors (Lipinski definition) is 1. The van der Waals surface area contributed by atoms with Crippen LogP contribution in [0.25, 0.3) is 0 Å². The summed E-state index contributed by atoms with van der Waals surface area (Å²) in [5, 5.41) is 11.0. The van der Waals surface area contributed by atoms with Crippen molar-refractivity contribution in [2.75, 3.05) is 5.75 Å². The largest absolute Gasteiger partial charge is 0.389 e. The molecule has 0 amide bonds. The number of aliphatic hydroxyl groups is 1. The second-order valence-corrected chi connectivity index (χ2v) is 6.52. The van der Waals surface area contributed by atoms with Crippen LogP contribution in [0.1, 0.15) is 51.9 Å². The minimum atomic E-state index is -0.327. The van der Waals surface area contributed by atoms with Crippen molar-refractivity contribution in [3.05, 3.63) is 0 Å². The summed E-state index contributed by atoms with van der Waals surface area (Å²) >= 11 is 1.94. The second kappa shape index (κ2) is 4.44. The highest BCUT2D eigenvalue weighted by molar-refractivity contribution is 8.00. The van der Waals surface area contributed by atoms with Crippen molar-refractivity contribution in [2.45, 2.75) is 62.7 Å². The Hall–Kier alpha value is 0.310. The van der Waals surface area contributed by atoms with Crippen LogP contribution in [-0.4, -0.2) is 21.7 Å². The summed E-state index contributed by atoms with van der Waals surface area (Å²) in [5.74, 6) is 1.97. The summed E-state index contributed by atoms with van der Waals surface area (Å²) in [5.41, 5.74) is -0.327. The highest BCUT2D eigenvalue weighted by atomic mass is 32.2. The minimum Gasteiger partial charge on any atom is -0.389 e. The predicted octanol–water partition coefficient (Wildman–Crippen LogP) is 3.21. The molecule has 2 heteroatoms. The van der Waals surface area contributed by atoms with Gasteiger partial charge in [-0.05, 0) is 24.5 Å². The molecule has 2 unspecified atom stereocenters. The van der Waals surface area contributed by atoms with Crippen molar-refractivity contribution < 1.29 is 5.11 Å². The molecule has 2 rings (SSSR count). The molecule has 2 aliphatic rings. The van der Waals surface area contributed by atoms with Gasteiger partial charge in [0.1, 0.15) is 0 Å². The zero-order valence-electron chi connectivity index (χ0n) is 9.17. The molecule has 1 heterocycles. The van der Waals surface area contributed by atoms with Gasteiger partial charge in [-0.15, -0.1) is 0 Å². The van der Waals surface area contributed by atoms with E-state index in [2.05, 4.69) is 6.92 Å². The molecule has 1 aliphatic carbocycles. The summed E-state index contributed by atoms with van der Waals surface area (Å²) in [4.78, 5) is 0. The Bertz CT molecular complexity index is 189. The van der Waals surface area contributed by atoms with Gasteiger partial charge in [0, 0.05) is 5.25 Å². The second-order valence-electron chi connectivity index (χ2n) is 5.07. The molecule has 0 spiro atoms. The SMILES string of the molecule is CC1SCCC1(O)CC1CCCCC1. The molecular weight excluding hydrogens is 192 g/mol. The first-order valence-corrected chi connectivity index (χ1v) is 7.09. The van der Waals surface area contributed by atoms with Crippen molar-refractivity contribution in [1.82, 2.24) is 0 Å². The van der Waals surface area contributed by atoms with Crippen molar-refractivity contribution in [2.24, 2.45) is 5.92 Å². The van der Waals surface area contributed by atoms with Gasteiger partial charge in [-0.2, -0.15) is 11.8 Å². The first kappa shape index (κ1) is 10.8. The molecule has 1 N–H and O–H groups in total. The summed E-state index contributed by atoms with van der Waals surface area (Å²) < 4.78 is 0. The van der Waals surface area contributed by atoms with Crippen molar-refractivity contribution in [1.29, 1.82) is 0 Å². The molecule has 1 aliphatic heterocycles. The fraction of sp³-hybridized carbons (Fsp3) is 1.00. The Morgan fingerprint density at radius 1 is 1.29 bits per heavy atom. The van der Waals surface area contributed by atoms with Crippen LogP contribution in [0, 0.1) is 5.92 Å². The maximum atomic E-state index is 10.5. The molecule has 0 aromatic heterocycles. The average Bonchev–Trinajstić information content (AvgIpc) is 2.48. The van der Waals surface area contributed by atoms with Crippen molar-refractivity contribution in [3.8, 4) is 0 Å². The number of rotatable bonds is 2. The van der Waals surface area contributed by atoms with E-state index < -0.39 is 0 Å². The fourth-order valence-electron chi connectivity index (χ4n) is 2.93. The molecule has 0 radical (unpaired) electrons. The Balaban J connectivity index is 1.88. The Morgan fingerprint density at radius 3 is 2.57 bits per heavy atom. The molecule has 0 aromatic carbocycles. The molecule has 1 nitrogen and oxygen atoms in total. The molecule has 1 saturated carbocycles. The molecule has 0 aromatic rings. The van der Waals surface area contributed by atoms with Gasteiger partial charge in [0.2, 0.25) is 0 Å². The van der Waals surface area contributed by atoms with Crippen molar-refractivity contribution in [3.63, 3.8) is 0 Å². The monoisotopic (exact) mass is 214 g/mol. The maximum Gasteiger partial charge on any atom is 0.0773 e. The Morgan fingerprint density at radius 2 is 2.00 bits per heavy atom. The van der Waals surface area contributed by atoms with Crippen LogP contribution in [0.15, 0.2) is 0 Å². The smallest absolute Gasteiger partial charge is 0.0773 e. The van der Waals surface area contributed by atoms with Crippen LogP contribution in [0.5, 0.6) is 0 Å². The van der Waals surface area contributed by atoms with Gasteiger partial charge < -0.3 is 5.11 Å². The molecule has 2 fully saturated rings. The maximum absolute atomic E-state index is 10.5. The first-order chi connectivity index (χ1) is 6.71. The third-order valence-corrected chi connectivity index (χ3v) is 5.41. The van der Waals surface area contributed by atoms with Gasteiger partial charge >= 0.3 is 0 Å². The Kier molecular flexibility index (Phi) is 3.43. The number of hydrogen-bond acceptors (Lipinski definition) is 2. The third-order valence-electron chi connectivity index (χ3n) is 4.03. The molecule has 14 heavy (non-hydrogen) atoms. The molecule has 82 valence electrons. The fourth-order valence-corrected chi connectivity index (χ4v) is 4.28. The van der Waals surface area contributed by atoms with Crippen LogP contribution >= 0.6 is 11.8 Å². The zero-order valence-corrected chi connectivity index (χ0v) is 9.98. The normalized spacial score (nSPS) is 40.3. The van der Waals surface area contributed by atoms with E-state index in [0.717, 1.165) is 24.5 Å². The van der Waals surface area contributed by atoms with Crippen molar-refractivity contribution >= 4 is 11.8 Å². The van der Waals surface area contributed by atoms with E-state index >= 15 is 0 Å². The third kappa shape index (κ3) is 2.27. The van der Waals surface area contributed by atoms with Crippen LogP contribution in [-0.2, 0) is 0 Å². The van der Waals surface area contributed by atoms with E-state index in [0.29, 0.717) is 5.25 Å². The first-order valence-electron chi connectivity index (χ1n) is 6.05. The van der Waals surface area contributed by atoms with E-state index in [1.165, 1.54) is 32.1 Å². The minimum absolute atomic E-state index is 0.327. The highest BCUT2D eigenvalue weighted by Gasteiger charge is 2.40. The van der Waals surface area contributed by atoms with Crippen LogP contribution in [0.3, 0.4) is 0 Å². The van der Waals surface area contributed by atoms with Crippen LogP contribution < -0.4 is 0 Å². The molecular formula is C12H22OS. The Labute approximate surface area is 91.7 Å². The summed E-state index contributed by atoms with van der Waals surface area (Å²) in [6.07, 6.45) is 9.01. The van der Waals surface area contributed by atoms with Gasteiger partial charge in [-0.25, -0.2) is 0 Å². The topological polar surface area (TPSA) is 20.2 Å². The predicted molar refractivity (Wildman–Crippen MR) is 62.7 cm³/mol. The van der Waals surface area contributed by atoms with Gasteiger partial charge in [0.15, 0.2) is 0 Å². The van der Waals surface area contributed by atoms with Gasteiger partial charge in [0.25, 0.3) is 0 Å². The zero-order chi connectivity index (χ0) is 10.0. The van der Waals surface area contributed by atoms with E-state index in [-0.39, 0.29) is 5.60 Å². The quantitative estimate of drug-likeness (QED) is 0.761. The molecule has 1 saturated heterocycles. The average molecular weight is 214 g/mol. The van der Waals surface area contributed by atoms with Crippen LogP contribution in [0.4, 0.5) is 0 Å². The lowest BCUT2D eigenvalue weighted by Gasteiger charge is -2.33. The molecule has 0 bridgehead atoms. The number of thioether (sulfide) groups is 1. The van der Waals surface area contributed by atoms with Gasteiger partial charge in [0.05, 0.1) is 5.60 Å². The van der Waals surface area contributed by atoms with E-state index in [1.54, 1.807) is 0 Å². The summed E-state index contributed by atoms with van der Waals surface area (Å²) in [6.45, 7) is 2.19. The summed E-state index contributed by atoms with van der Waals surface area (Å²) in [6, 6.07) is 0. The van der Waals surface area contributed by atoms with Gasteiger partial charge in [-0.3, -0.25) is 0 Å². The summed E-state index contributed by atoms with van der Waals surface area (Å²) in [7, 11) is 0. The standard InChI is InChI=1S/C12H22OS/c1-10-12(13,7-8-14-10)9-11-5-3-2-4-6-11/h10-11,13H,2-9H2,1H3. The molecule has 2 atom stereocenters.